The Morgan fingerprint density at radius 3 is 2.82 bits per heavy atom. The Morgan fingerprint density at radius 2 is 2.18 bits per heavy atom. The molecule has 0 bridgehead atoms. The number of nitrogens with zero attached hydrogens (tertiary/aromatic N) is 2. The molecule has 1 N–H and O–H groups in total. The first-order valence-electron chi connectivity index (χ1n) is 7.84. The monoisotopic (exact) mass is 308 g/mol. The summed E-state index contributed by atoms with van der Waals surface area (Å²) in [6, 6.07) is 4.04. The highest BCUT2D eigenvalue weighted by atomic mass is 19.1. The van der Waals surface area contributed by atoms with E-state index in [0.29, 0.717) is 18.0 Å². The van der Waals surface area contributed by atoms with Crippen molar-refractivity contribution in [2.24, 2.45) is 5.92 Å². The van der Waals surface area contributed by atoms with Gasteiger partial charge in [0.25, 0.3) is 5.91 Å². The first-order valence-corrected chi connectivity index (χ1v) is 7.84. The molecule has 2 rings (SSSR count). The van der Waals surface area contributed by atoms with E-state index >= 15 is 0 Å². The molecule has 0 aliphatic carbocycles. The molecule has 1 aromatic rings. The third-order valence-electron chi connectivity index (χ3n) is 4.31. The summed E-state index contributed by atoms with van der Waals surface area (Å²) in [7, 11) is 4.06. The average Bonchev–Trinajstić information content (AvgIpc) is 2.48. The number of aromatic hydroxyl groups is 1. The van der Waals surface area contributed by atoms with E-state index in [2.05, 4.69) is 11.8 Å². The Morgan fingerprint density at radius 1 is 1.45 bits per heavy atom. The van der Waals surface area contributed by atoms with Crippen molar-refractivity contribution in [3.63, 3.8) is 0 Å². The molecular weight excluding hydrogens is 283 g/mol. The number of hydrogen-bond acceptors (Lipinski definition) is 3. The topological polar surface area (TPSA) is 43.8 Å². The highest BCUT2D eigenvalue weighted by Gasteiger charge is 2.31. The summed E-state index contributed by atoms with van der Waals surface area (Å²) >= 11 is 0. The van der Waals surface area contributed by atoms with Crippen molar-refractivity contribution < 1.29 is 14.3 Å². The van der Waals surface area contributed by atoms with Crippen LogP contribution in [0.4, 0.5) is 4.39 Å². The van der Waals surface area contributed by atoms with Crippen LogP contribution in [0.3, 0.4) is 0 Å². The quantitative estimate of drug-likeness (QED) is 0.930. The lowest BCUT2D eigenvalue weighted by atomic mass is 9.90. The molecule has 1 aromatic carbocycles. The van der Waals surface area contributed by atoms with Crippen molar-refractivity contribution in [3.8, 4) is 5.75 Å². The van der Waals surface area contributed by atoms with Crippen LogP contribution in [0.2, 0.25) is 0 Å². The van der Waals surface area contributed by atoms with Gasteiger partial charge in [0, 0.05) is 24.7 Å². The first kappa shape index (κ1) is 16.7. The van der Waals surface area contributed by atoms with E-state index in [-0.39, 0.29) is 11.9 Å². The maximum atomic E-state index is 13.5. The molecule has 2 atom stereocenters. The van der Waals surface area contributed by atoms with Crippen molar-refractivity contribution in [2.75, 3.05) is 27.2 Å². The number of amides is 1. The number of phenolic OH excluding ortho intramolecular Hbond substituents is 1. The predicted molar refractivity (Wildman–Crippen MR) is 84.5 cm³/mol. The largest absolute Gasteiger partial charge is 0.505 e. The number of halogens is 1. The zero-order valence-electron chi connectivity index (χ0n) is 13.6. The molecule has 122 valence electrons. The van der Waals surface area contributed by atoms with E-state index in [9.17, 15) is 14.3 Å². The van der Waals surface area contributed by atoms with Crippen molar-refractivity contribution in [1.29, 1.82) is 0 Å². The summed E-state index contributed by atoms with van der Waals surface area (Å²) in [5, 5.41) is 9.27. The number of phenols is 1. The molecule has 0 saturated carbocycles. The summed E-state index contributed by atoms with van der Waals surface area (Å²) in [6.07, 6.45) is 3.09. The van der Waals surface area contributed by atoms with E-state index < -0.39 is 11.6 Å². The van der Waals surface area contributed by atoms with Crippen LogP contribution in [-0.4, -0.2) is 54.0 Å². The summed E-state index contributed by atoms with van der Waals surface area (Å²) in [4.78, 5) is 16.7. The first-order chi connectivity index (χ1) is 10.4. The molecule has 0 radical (unpaired) electrons. The average molecular weight is 308 g/mol. The molecule has 1 amide bonds. The Balaban J connectivity index is 2.19. The zero-order chi connectivity index (χ0) is 16.3. The van der Waals surface area contributed by atoms with Crippen LogP contribution in [-0.2, 0) is 0 Å². The predicted octanol–water partition coefficient (Wildman–Crippen LogP) is 2.72. The normalized spacial score (nSPS) is 20.2. The van der Waals surface area contributed by atoms with Gasteiger partial charge in [0.05, 0.1) is 0 Å². The Bertz CT molecular complexity index is 533. The van der Waals surface area contributed by atoms with E-state index in [4.69, 9.17) is 0 Å². The van der Waals surface area contributed by atoms with Crippen LogP contribution in [0.1, 0.15) is 36.5 Å². The van der Waals surface area contributed by atoms with E-state index in [1.165, 1.54) is 12.1 Å². The van der Waals surface area contributed by atoms with Gasteiger partial charge in [-0.1, -0.05) is 6.92 Å². The second-order valence-corrected chi connectivity index (χ2v) is 6.47. The lowest BCUT2D eigenvalue weighted by Gasteiger charge is -2.40. The lowest BCUT2D eigenvalue weighted by Crippen LogP contribution is -2.48. The minimum atomic E-state index is -0.749. The highest BCUT2D eigenvalue weighted by Crippen LogP contribution is 2.26. The second kappa shape index (κ2) is 7.09. The molecule has 22 heavy (non-hydrogen) atoms. The zero-order valence-corrected chi connectivity index (χ0v) is 13.6. The third kappa shape index (κ3) is 3.77. The maximum absolute atomic E-state index is 13.5. The van der Waals surface area contributed by atoms with Crippen LogP contribution in [0.5, 0.6) is 5.75 Å². The van der Waals surface area contributed by atoms with Crippen molar-refractivity contribution in [3.05, 3.63) is 29.6 Å². The fourth-order valence-corrected chi connectivity index (χ4v) is 3.30. The van der Waals surface area contributed by atoms with Gasteiger partial charge < -0.3 is 14.9 Å². The van der Waals surface area contributed by atoms with Crippen LogP contribution in [0, 0.1) is 11.7 Å². The third-order valence-corrected chi connectivity index (χ3v) is 4.31. The van der Waals surface area contributed by atoms with Gasteiger partial charge in [-0.2, -0.15) is 0 Å². The van der Waals surface area contributed by atoms with Gasteiger partial charge in [-0.05, 0) is 57.5 Å². The second-order valence-electron chi connectivity index (χ2n) is 6.47. The Kier molecular flexibility index (Phi) is 5.40. The van der Waals surface area contributed by atoms with Crippen LogP contribution in [0.25, 0.3) is 0 Å². The molecule has 0 spiro atoms. The van der Waals surface area contributed by atoms with Gasteiger partial charge in [0.1, 0.15) is 0 Å². The number of rotatable bonds is 4. The van der Waals surface area contributed by atoms with Gasteiger partial charge >= 0.3 is 0 Å². The summed E-state index contributed by atoms with van der Waals surface area (Å²) in [5.74, 6) is -0.955. The van der Waals surface area contributed by atoms with Gasteiger partial charge in [-0.25, -0.2) is 4.39 Å². The Hall–Kier alpha value is -1.62. The number of benzene rings is 1. The number of piperidine rings is 1. The van der Waals surface area contributed by atoms with Crippen molar-refractivity contribution in [1.82, 2.24) is 9.80 Å². The van der Waals surface area contributed by atoms with Gasteiger partial charge in [0.15, 0.2) is 11.6 Å². The molecule has 2 unspecified atom stereocenters. The highest BCUT2D eigenvalue weighted by molar-refractivity contribution is 5.94. The standard InChI is InChI=1S/C17H25FN2O2/c1-12(11-19(2)3)15-6-4-5-9-20(15)17(22)13-7-8-16(21)14(18)10-13/h7-8,10,12,15,21H,4-6,9,11H2,1-3H3. The van der Waals surface area contributed by atoms with Crippen LogP contribution < -0.4 is 0 Å². The molecule has 1 saturated heterocycles. The smallest absolute Gasteiger partial charge is 0.254 e. The molecule has 1 aliphatic rings. The summed E-state index contributed by atoms with van der Waals surface area (Å²) in [5.41, 5.74) is 0.305. The minimum Gasteiger partial charge on any atom is -0.505 e. The van der Waals surface area contributed by atoms with Crippen molar-refractivity contribution in [2.45, 2.75) is 32.2 Å². The number of carbonyl (C=O) groups excluding carboxylic acids is 1. The van der Waals surface area contributed by atoms with Gasteiger partial charge in [-0.15, -0.1) is 0 Å². The minimum absolute atomic E-state index is 0.144. The lowest BCUT2D eigenvalue weighted by molar-refractivity contribution is 0.0502. The summed E-state index contributed by atoms with van der Waals surface area (Å²) in [6.45, 7) is 3.79. The molecule has 4 nitrogen and oxygen atoms in total. The van der Waals surface area contributed by atoms with Crippen molar-refractivity contribution >= 4 is 5.91 Å². The summed E-state index contributed by atoms with van der Waals surface area (Å²) < 4.78 is 13.5. The fraction of sp³-hybridized carbons (Fsp3) is 0.588. The SMILES string of the molecule is CC(CN(C)C)C1CCCCN1C(=O)c1ccc(O)c(F)c1. The van der Waals surface area contributed by atoms with E-state index in [0.717, 1.165) is 31.9 Å². The maximum Gasteiger partial charge on any atom is 0.254 e. The number of hydrogen-bond donors (Lipinski definition) is 1. The van der Waals surface area contributed by atoms with E-state index in [1.54, 1.807) is 0 Å². The van der Waals surface area contributed by atoms with Gasteiger partial charge in [-0.3, -0.25) is 4.79 Å². The molecule has 1 fully saturated rings. The van der Waals surface area contributed by atoms with E-state index in [1.807, 2.05) is 19.0 Å². The van der Waals surface area contributed by atoms with Crippen LogP contribution >= 0.6 is 0 Å². The molecular formula is C17H25FN2O2. The Labute approximate surface area is 131 Å². The number of likely N-dealkylation sites (tertiary alicyclic amines) is 1. The molecule has 0 aromatic heterocycles. The van der Waals surface area contributed by atoms with Gasteiger partial charge in [0.2, 0.25) is 0 Å². The molecule has 1 heterocycles. The number of carbonyl (C=O) groups is 1. The van der Waals surface area contributed by atoms with Crippen LogP contribution in [0.15, 0.2) is 18.2 Å². The fourth-order valence-electron chi connectivity index (χ4n) is 3.30. The molecule has 5 heteroatoms. The molecule has 1 aliphatic heterocycles.